The fourth-order valence-corrected chi connectivity index (χ4v) is 3.11. The van der Waals surface area contributed by atoms with Crippen molar-refractivity contribution in [2.24, 2.45) is 0 Å². The first-order chi connectivity index (χ1) is 11.0. The lowest BCUT2D eigenvalue weighted by Gasteiger charge is -2.31. The number of methoxy groups -OCH3 is 1. The van der Waals surface area contributed by atoms with Crippen molar-refractivity contribution in [2.75, 3.05) is 20.2 Å². The van der Waals surface area contributed by atoms with Crippen LogP contribution in [0, 0.1) is 0 Å². The number of nitrogens with zero attached hydrogens (tertiary/aromatic N) is 1. The van der Waals surface area contributed by atoms with Crippen LogP contribution >= 0.6 is 23.2 Å². The fraction of sp³-hybridized carbons (Fsp3) is 0.500. The van der Waals surface area contributed by atoms with Crippen LogP contribution in [-0.4, -0.2) is 43.1 Å². The molecule has 126 valence electrons. The standard InChI is InChI=1S/C16H20Cl2N2O3/c1-23-16(22)20-8-6-13(7-9-20)19-15(21)5-3-11-2-4-12(17)10-14(11)18/h2,4,10,13H,3,5-9H2,1H3,(H,19,21). The van der Waals surface area contributed by atoms with E-state index >= 15 is 0 Å². The second-order valence-corrected chi connectivity index (χ2v) is 6.38. The van der Waals surface area contributed by atoms with Gasteiger partial charge >= 0.3 is 6.09 Å². The van der Waals surface area contributed by atoms with Crippen molar-refractivity contribution in [2.45, 2.75) is 31.7 Å². The normalized spacial score (nSPS) is 15.3. The van der Waals surface area contributed by atoms with Crippen LogP contribution in [-0.2, 0) is 16.0 Å². The number of nitrogens with one attached hydrogen (secondary N) is 1. The summed E-state index contributed by atoms with van der Waals surface area (Å²) in [6, 6.07) is 5.39. The van der Waals surface area contributed by atoms with Gasteiger partial charge in [-0.25, -0.2) is 4.79 Å². The molecular formula is C16H20Cl2N2O3. The Morgan fingerprint density at radius 1 is 1.30 bits per heavy atom. The Balaban J connectivity index is 1.74. The summed E-state index contributed by atoms with van der Waals surface area (Å²) in [5.41, 5.74) is 0.909. The van der Waals surface area contributed by atoms with Crippen molar-refractivity contribution in [3.63, 3.8) is 0 Å². The number of carbonyl (C=O) groups is 2. The third kappa shape index (κ3) is 5.29. The van der Waals surface area contributed by atoms with Crippen LogP contribution in [0.2, 0.25) is 10.0 Å². The summed E-state index contributed by atoms with van der Waals surface area (Å²) in [4.78, 5) is 25.1. The van der Waals surface area contributed by atoms with Crippen molar-refractivity contribution < 1.29 is 14.3 Å². The molecule has 1 aromatic carbocycles. The van der Waals surface area contributed by atoms with E-state index in [1.165, 1.54) is 7.11 Å². The topological polar surface area (TPSA) is 58.6 Å². The van der Waals surface area contributed by atoms with E-state index in [-0.39, 0.29) is 18.0 Å². The van der Waals surface area contributed by atoms with E-state index in [9.17, 15) is 9.59 Å². The highest BCUT2D eigenvalue weighted by Crippen LogP contribution is 2.22. The minimum absolute atomic E-state index is 0.00691. The highest BCUT2D eigenvalue weighted by atomic mass is 35.5. The maximum Gasteiger partial charge on any atom is 0.409 e. The molecule has 1 saturated heterocycles. The maximum atomic E-state index is 12.0. The first-order valence-corrected chi connectivity index (χ1v) is 8.31. The number of ether oxygens (including phenoxy) is 1. The second-order valence-electron chi connectivity index (χ2n) is 5.53. The first kappa shape index (κ1) is 17.9. The zero-order valence-corrected chi connectivity index (χ0v) is 14.5. The minimum atomic E-state index is -0.313. The molecule has 1 aromatic rings. The van der Waals surface area contributed by atoms with Crippen LogP contribution < -0.4 is 5.32 Å². The summed E-state index contributed by atoms with van der Waals surface area (Å²) in [6.45, 7) is 1.20. The largest absolute Gasteiger partial charge is 0.453 e. The van der Waals surface area contributed by atoms with Gasteiger partial charge in [-0.15, -0.1) is 0 Å². The Kier molecular flexibility index (Phi) is 6.54. The molecule has 23 heavy (non-hydrogen) atoms. The Bertz CT molecular complexity index is 572. The van der Waals surface area contributed by atoms with Crippen LogP contribution in [0.25, 0.3) is 0 Å². The third-order valence-electron chi connectivity index (χ3n) is 3.93. The number of carbonyl (C=O) groups excluding carboxylic acids is 2. The highest BCUT2D eigenvalue weighted by molar-refractivity contribution is 6.35. The number of likely N-dealkylation sites (tertiary alicyclic amines) is 1. The maximum absolute atomic E-state index is 12.0. The Morgan fingerprint density at radius 3 is 2.61 bits per heavy atom. The fourth-order valence-electron chi connectivity index (χ4n) is 2.61. The molecule has 0 unspecified atom stereocenters. The van der Waals surface area contributed by atoms with Gasteiger partial charge in [0.2, 0.25) is 5.91 Å². The molecule has 5 nitrogen and oxygen atoms in total. The Morgan fingerprint density at radius 2 is 2.00 bits per heavy atom. The SMILES string of the molecule is COC(=O)N1CCC(NC(=O)CCc2ccc(Cl)cc2Cl)CC1. The summed E-state index contributed by atoms with van der Waals surface area (Å²) in [7, 11) is 1.37. The van der Waals surface area contributed by atoms with Crippen LogP contribution in [0.3, 0.4) is 0 Å². The molecule has 0 aliphatic carbocycles. The summed E-state index contributed by atoms with van der Waals surface area (Å²) in [5.74, 6) is -0.00691. The zero-order chi connectivity index (χ0) is 16.8. The van der Waals surface area contributed by atoms with E-state index in [1.54, 1.807) is 17.0 Å². The lowest BCUT2D eigenvalue weighted by Crippen LogP contribution is -2.46. The molecular weight excluding hydrogens is 339 g/mol. The Labute approximate surface area is 145 Å². The molecule has 0 atom stereocenters. The van der Waals surface area contributed by atoms with Gasteiger partial charge in [-0.2, -0.15) is 0 Å². The van der Waals surface area contributed by atoms with E-state index in [4.69, 9.17) is 27.9 Å². The van der Waals surface area contributed by atoms with Gasteiger partial charge in [-0.05, 0) is 37.0 Å². The number of hydrogen-bond acceptors (Lipinski definition) is 3. The molecule has 1 aliphatic rings. The number of aryl methyl sites for hydroxylation is 1. The van der Waals surface area contributed by atoms with Gasteiger partial charge in [0.15, 0.2) is 0 Å². The average Bonchev–Trinajstić information content (AvgIpc) is 2.54. The van der Waals surface area contributed by atoms with Gasteiger partial charge in [-0.3, -0.25) is 4.79 Å². The van der Waals surface area contributed by atoms with E-state index in [0.717, 1.165) is 18.4 Å². The van der Waals surface area contributed by atoms with Gasteiger partial charge in [0, 0.05) is 35.6 Å². The van der Waals surface area contributed by atoms with Gasteiger partial charge in [-0.1, -0.05) is 29.3 Å². The lowest BCUT2D eigenvalue weighted by molar-refractivity contribution is -0.122. The van der Waals surface area contributed by atoms with Gasteiger partial charge in [0.25, 0.3) is 0 Å². The predicted octanol–water partition coefficient (Wildman–Crippen LogP) is 3.27. The third-order valence-corrected chi connectivity index (χ3v) is 4.52. The lowest BCUT2D eigenvalue weighted by atomic mass is 10.0. The van der Waals surface area contributed by atoms with Gasteiger partial charge in [0.05, 0.1) is 7.11 Å². The molecule has 0 saturated carbocycles. The van der Waals surface area contributed by atoms with Gasteiger partial charge < -0.3 is 15.0 Å². The number of piperidine rings is 1. The van der Waals surface area contributed by atoms with Crippen molar-refractivity contribution in [3.05, 3.63) is 33.8 Å². The van der Waals surface area contributed by atoms with E-state index in [2.05, 4.69) is 5.32 Å². The molecule has 0 bridgehead atoms. The van der Waals surface area contributed by atoms with Crippen molar-refractivity contribution in [3.8, 4) is 0 Å². The summed E-state index contributed by atoms with van der Waals surface area (Å²) in [6.07, 6.45) is 2.11. The number of benzene rings is 1. The molecule has 1 N–H and O–H groups in total. The van der Waals surface area contributed by atoms with Crippen LogP contribution in [0.5, 0.6) is 0 Å². The number of halogens is 2. The zero-order valence-electron chi connectivity index (χ0n) is 13.0. The second kappa shape index (κ2) is 8.41. The van der Waals surface area contributed by atoms with Crippen molar-refractivity contribution >= 4 is 35.2 Å². The quantitative estimate of drug-likeness (QED) is 0.898. The first-order valence-electron chi connectivity index (χ1n) is 7.55. The number of amides is 2. The molecule has 2 amide bonds. The summed E-state index contributed by atoms with van der Waals surface area (Å²) in [5, 5.41) is 4.17. The Hall–Kier alpha value is -1.46. The van der Waals surface area contributed by atoms with E-state index in [1.807, 2.05) is 6.07 Å². The van der Waals surface area contributed by atoms with E-state index in [0.29, 0.717) is 36.0 Å². The average molecular weight is 359 g/mol. The van der Waals surface area contributed by atoms with Crippen LogP contribution in [0.1, 0.15) is 24.8 Å². The minimum Gasteiger partial charge on any atom is -0.453 e. The predicted molar refractivity (Wildman–Crippen MR) is 89.9 cm³/mol. The molecule has 7 heteroatoms. The van der Waals surface area contributed by atoms with Crippen molar-refractivity contribution in [1.29, 1.82) is 0 Å². The summed E-state index contributed by atoms with van der Waals surface area (Å²) < 4.78 is 4.69. The monoisotopic (exact) mass is 358 g/mol. The molecule has 1 fully saturated rings. The number of rotatable bonds is 4. The smallest absolute Gasteiger partial charge is 0.409 e. The molecule has 2 rings (SSSR count). The highest BCUT2D eigenvalue weighted by Gasteiger charge is 2.24. The molecule has 1 heterocycles. The van der Waals surface area contributed by atoms with Gasteiger partial charge in [0.1, 0.15) is 0 Å². The molecule has 0 spiro atoms. The van der Waals surface area contributed by atoms with Crippen molar-refractivity contribution in [1.82, 2.24) is 10.2 Å². The summed E-state index contributed by atoms with van der Waals surface area (Å²) >= 11 is 12.0. The molecule has 0 radical (unpaired) electrons. The van der Waals surface area contributed by atoms with E-state index < -0.39 is 0 Å². The molecule has 0 aromatic heterocycles. The molecule has 1 aliphatic heterocycles. The number of hydrogen-bond donors (Lipinski definition) is 1. The van der Waals surface area contributed by atoms with Crippen LogP contribution in [0.4, 0.5) is 4.79 Å². The van der Waals surface area contributed by atoms with Crippen LogP contribution in [0.15, 0.2) is 18.2 Å².